The van der Waals surface area contributed by atoms with Crippen molar-refractivity contribution >= 4 is 60.5 Å². The van der Waals surface area contributed by atoms with Gasteiger partial charge in [-0.2, -0.15) is 0 Å². The van der Waals surface area contributed by atoms with Gasteiger partial charge in [0.15, 0.2) is 0 Å². The number of hydrogen-bond donors (Lipinski definition) is 0. The lowest BCUT2D eigenvalue weighted by atomic mass is 10.3. The van der Waals surface area contributed by atoms with E-state index in [1.807, 2.05) is 6.07 Å². The van der Waals surface area contributed by atoms with Crippen LogP contribution in [0.4, 0.5) is 5.69 Å². The van der Waals surface area contributed by atoms with Crippen molar-refractivity contribution in [3.63, 3.8) is 0 Å². The molecule has 0 N–H and O–H groups in total. The lowest BCUT2D eigenvalue weighted by molar-refractivity contribution is -0.128. The highest BCUT2D eigenvalue weighted by atomic mass is 79.9. The van der Waals surface area contributed by atoms with Crippen molar-refractivity contribution in [1.29, 1.82) is 0 Å². The fourth-order valence-corrected chi connectivity index (χ4v) is 4.66. The van der Waals surface area contributed by atoms with Gasteiger partial charge in [-0.1, -0.05) is 23.7 Å². The Hall–Kier alpha value is -1.09. The van der Waals surface area contributed by atoms with Crippen LogP contribution in [0.1, 0.15) is 4.88 Å². The molecule has 0 fully saturated rings. The molecule has 1 aromatic heterocycles. The van der Waals surface area contributed by atoms with Crippen LogP contribution in [0.2, 0.25) is 4.34 Å². The summed E-state index contributed by atoms with van der Waals surface area (Å²) in [5, 5.41) is 0. The molecule has 0 saturated carbocycles. The predicted octanol–water partition coefficient (Wildman–Crippen LogP) is 3.59. The molecule has 0 aliphatic heterocycles. The summed E-state index contributed by atoms with van der Waals surface area (Å²) in [6, 6.07) is 10.5. The molecule has 2 aromatic rings. The minimum Gasteiger partial charge on any atom is -0.339 e. The number of anilines is 1. The van der Waals surface area contributed by atoms with Crippen molar-refractivity contribution in [3.05, 3.63) is 50.1 Å². The third-order valence-electron chi connectivity index (χ3n) is 3.25. The van der Waals surface area contributed by atoms with Gasteiger partial charge >= 0.3 is 0 Å². The monoisotopic (exact) mass is 450 g/mol. The van der Waals surface area contributed by atoms with Crippen molar-refractivity contribution in [1.82, 2.24) is 4.90 Å². The van der Waals surface area contributed by atoms with E-state index >= 15 is 0 Å². The molecule has 0 spiro atoms. The minimum absolute atomic E-state index is 0.267. The average Bonchev–Trinajstić information content (AvgIpc) is 2.89. The van der Waals surface area contributed by atoms with Crippen LogP contribution in [-0.4, -0.2) is 39.1 Å². The van der Waals surface area contributed by atoms with Crippen molar-refractivity contribution in [2.24, 2.45) is 0 Å². The molecule has 2 rings (SSSR count). The van der Waals surface area contributed by atoms with E-state index in [0.29, 0.717) is 21.0 Å². The Bertz CT molecular complexity index is 839. The standard InChI is InChI=1S/C15H16BrClN2O3S2/c1-18(9-11-7-8-14(17)23-11)15(20)10-19(24(2,21)22)13-6-4-3-5-12(13)16/h3-8H,9-10H2,1-2H3. The zero-order valence-electron chi connectivity index (χ0n) is 13.1. The van der Waals surface area contributed by atoms with Gasteiger partial charge in [-0.3, -0.25) is 9.10 Å². The Morgan fingerprint density at radius 3 is 2.46 bits per heavy atom. The molecular weight excluding hydrogens is 436 g/mol. The van der Waals surface area contributed by atoms with Crippen LogP contribution in [0.5, 0.6) is 0 Å². The molecule has 0 saturated heterocycles. The summed E-state index contributed by atoms with van der Waals surface area (Å²) < 4.78 is 26.6. The SMILES string of the molecule is CN(Cc1ccc(Cl)s1)C(=O)CN(c1ccccc1Br)S(C)(=O)=O. The largest absolute Gasteiger partial charge is 0.339 e. The molecule has 1 aromatic carbocycles. The summed E-state index contributed by atoms with van der Waals surface area (Å²) in [6.45, 7) is 0.112. The maximum Gasteiger partial charge on any atom is 0.243 e. The van der Waals surface area contributed by atoms with Crippen molar-refractivity contribution in [2.45, 2.75) is 6.54 Å². The van der Waals surface area contributed by atoms with E-state index in [2.05, 4.69) is 15.9 Å². The first-order chi connectivity index (χ1) is 11.2. The number of carbonyl (C=O) groups is 1. The van der Waals surface area contributed by atoms with Gasteiger partial charge in [0.25, 0.3) is 0 Å². The van der Waals surface area contributed by atoms with E-state index < -0.39 is 10.0 Å². The molecule has 0 aliphatic rings. The van der Waals surface area contributed by atoms with Crippen LogP contribution in [0.15, 0.2) is 40.9 Å². The van der Waals surface area contributed by atoms with Gasteiger partial charge in [-0.05, 0) is 40.2 Å². The summed E-state index contributed by atoms with van der Waals surface area (Å²) in [4.78, 5) is 14.9. The molecule has 0 unspecified atom stereocenters. The Morgan fingerprint density at radius 2 is 1.92 bits per heavy atom. The number of likely N-dealkylation sites (N-methyl/N-ethyl adjacent to an activating group) is 1. The number of thiophene rings is 1. The van der Waals surface area contributed by atoms with E-state index in [0.717, 1.165) is 15.4 Å². The van der Waals surface area contributed by atoms with Crippen LogP contribution in [0.25, 0.3) is 0 Å². The molecule has 1 amide bonds. The number of benzene rings is 1. The first-order valence-corrected chi connectivity index (χ1v) is 10.7. The van der Waals surface area contributed by atoms with E-state index in [1.54, 1.807) is 37.4 Å². The molecule has 1 heterocycles. The highest BCUT2D eigenvalue weighted by Gasteiger charge is 2.24. The fourth-order valence-electron chi connectivity index (χ4n) is 2.04. The van der Waals surface area contributed by atoms with Crippen LogP contribution in [0.3, 0.4) is 0 Å². The summed E-state index contributed by atoms with van der Waals surface area (Å²) in [5.74, 6) is -0.305. The van der Waals surface area contributed by atoms with Crippen molar-refractivity contribution < 1.29 is 13.2 Å². The molecule has 9 heteroatoms. The number of rotatable bonds is 6. The Kier molecular flexibility index (Phi) is 6.30. The summed E-state index contributed by atoms with van der Waals surface area (Å²) >= 11 is 10.6. The highest BCUT2D eigenvalue weighted by molar-refractivity contribution is 9.10. The van der Waals surface area contributed by atoms with Gasteiger partial charge in [0.05, 0.1) is 22.8 Å². The van der Waals surface area contributed by atoms with Gasteiger partial charge in [0, 0.05) is 16.4 Å². The topological polar surface area (TPSA) is 57.7 Å². The Morgan fingerprint density at radius 1 is 1.25 bits per heavy atom. The smallest absolute Gasteiger partial charge is 0.243 e. The van der Waals surface area contributed by atoms with Gasteiger partial charge in [0.2, 0.25) is 15.9 Å². The third kappa shape index (κ3) is 4.95. The number of carbonyl (C=O) groups excluding carboxylic acids is 1. The molecule has 130 valence electrons. The molecule has 5 nitrogen and oxygen atoms in total. The van der Waals surface area contributed by atoms with Crippen LogP contribution >= 0.6 is 38.9 Å². The first kappa shape index (κ1) is 19.2. The van der Waals surface area contributed by atoms with Gasteiger partial charge in [-0.15, -0.1) is 11.3 Å². The lowest BCUT2D eigenvalue weighted by Gasteiger charge is -2.25. The normalized spacial score (nSPS) is 11.3. The van der Waals surface area contributed by atoms with Crippen LogP contribution < -0.4 is 4.31 Å². The Balaban J connectivity index is 2.17. The Labute approximate surface area is 159 Å². The van der Waals surface area contributed by atoms with Crippen molar-refractivity contribution in [3.8, 4) is 0 Å². The summed E-state index contributed by atoms with van der Waals surface area (Å²) in [5.41, 5.74) is 0.431. The number of amides is 1. The molecule has 24 heavy (non-hydrogen) atoms. The lowest BCUT2D eigenvalue weighted by Crippen LogP contribution is -2.41. The maximum atomic E-state index is 12.5. The van der Waals surface area contributed by atoms with Gasteiger partial charge in [-0.25, -0.2) is 8.42 Å². The van der Waals surface area contributed by atoms with Crippen molar-refractivity contribution in [2.75, 3.05) is 24.2 Å². The van der Waals surface area contributed by atoms with Gasteiger partial charge in [0.1, 0.15) is 6.54 Å². The molecular formula is C15H16BrClN2O3S2. The first-order valence-electron chi connectivity index (χ1n) is 6.89. The highest BCUT2D eigenvalue weighted by Crippen LogP contribution is 2.28. The minimum atomic E-state index is -3.60. The molecule has 0 atom stereocenters. The number of hydrogen-bond acceptors (Lipinski definition) is 4. The van der Waals surface area contributed by atoms with Crippen LogP contribution in [-0.2, 0) is 21.4 Å². The van der Waals surface area contributed by atoms with E-state index in [4.69, 9.17) is 11.6 Å². The van der Waals surface area contributed by atoms with E-state index in [1.165, 1.54) is 16.2 Å². The zero-order valence-corrected chi connectivity index (χ0v) is 17.0. The molecule has 0 bridgehead atoms. The van der Waals surface area contributed by atoms with Crippen LogP contribution in [0, 0.1) is 0 Å². The third-order valence-corrected chi connectivity index (χ3v) is 6.26. The molecule has 0 aliphatic carbocycles. The number of nitrogens with zero attached hydrogens (tertiary/aromatic N) is 2. The zero-order chi connectivity index (χ0) is 17.9. The quantitative estimate of drug-likeness (QED) is 0.674. The average molecular weight is 452 g/mol. The number of para-hydroxylation sites is 1. The van der Waals surface area contributed by atoms with E-state index in [-0.39, 0.29) is 12.5 Å². The second-order valence-electron chi connectivity index (χ2n) is 5.18. The molecule has 0 radical (unpaired) electrons. The number of halogens is 2. The fraction of sp³-hybridized carbons (Fsp3) is 0.267. The maximum absolute atomic E-state index is 12.5. The summed E-state index contributed by atoms with van der Waals surface area (Å²) in [6.07, 6.45) is 1.08. The summed E-state index contributed by atoms with van der Waals surface area (Å²) in [7, 11) is -1.97. The van der Waals surface area contributed by atoms with E-state index in [9.17, 15) is 13.2 Å². The second-order valence-corrected chi connectivity index (χ2v) is 9.74. The number of sulfonamides is 1. The predicted molar refractivity (Wildman–Crippen MR) is 102 cm³/mol. The second kappa shape index (κ2) is 7.86. The van der Waals surface area contributed by atoms with Gasteiger partial charge < -0.3 is 4.90 Å².